The molecule has 2 aliphatic heterocycles. The first-order valence-corrected chi connectivity index (χ1v) is 8.62. The Morgan fingerprint density at radius 2 is 2.13 bits per heavy atom. The monoisotopic (exact) mass is 378 g/mol. The molecule has 0 radical (unpaired) electrons. The lowest BCUT2D eigenvalue weighted by atomic mass is 9.82. The van der Waals surface area contributed by atoms with Crippen LogP contribution < -0.4 is 0 Å². The second-order valence-electron chi connectivity index (χ2n) is 6.24. The number of nitrogens with zero attached hydrogens (tertiary/aromatic N) is 4. The number of hydrogen-bond donors (Lipinski definition) is 0. The van der Waals surface area contributed by atoms with Crippen molar-refractivity contribution in [3.8, 4) is 0 Å². The molecule has 1 aromatic carbocycles. The smallest absolute Gasteiger partial charge is 0.323 e. The summed E-state index contributed by atoms with van der Waals surface area (Å²) >= 11 is 3.47. The first-order chi connectivity index (χ1) is 11.1. The highest BCUT2D eigenvalue weighted by Gasteiger charge is 2.44. The van der Waals surface area contributed by atoms with Gasteiger partial charge in [0.05, 0.1) is 6.54 Å². The highest BCUT2D eigenvalue weighted by atomic mass is 79.9. The van der Waals surface area contributed by atoms with Gasteiger partial charge in [0.15, 0.2) is 0 Å². The minimum absolute atomic E-state index is 0.184. The number of morpholine rings is 1. The number of piperidine rings is 1. The Kier molecular flexibility index (Phi) is 4.90. The van der Waals surface area contributed by atoms with E-state index in [-0.39, 0.29) is 30.7 Å². The second kappa shape index (κ2) is 6.91. The third-order valence-corrected chi connectivity index (χ3v) is 5.25. The molecular weight excluding hydrogens is 360 g/mol. The number of ether oxygens (including phenoxy) is 1. The number of carbonyl (C=O) groups is 1. The van der Waals surface area contributed by atoms with Crippen LogP contribution in [0.2, 0.25) is 0 Å². The summed E-state index contributed by atoms with van der Waals surface area (Å²) in [6.07, 6.45) is 1.46. The van der Waals surface area contributed by atoms with Crippen LogP contribution in [0.5, 0.6) is 0 Å². The lowest BCUT2D eigenvalue weighted by Gasteiger charge is -2.48. The van der Waals surface area contributed by atoms with E-state index in [1.54, 1.807) is 0 Å². The van der Waals surface area contributed by atoms with Gasteiger partial charge in [-0.2, -0.15) is 0 Å². The van der Waals surface area contributed by atoms with Crippen molar-refractivity contribution in [1.29, 1.82) is 0 Å². The average Bonchev–Trinajstić information content (AvgIpc) is 2.54. The van der Waals surface area contributed by atoms with Crippen LogP contribution in [0.1, 0.15) is 31.4 Å². The molecule has 23 heavy (non-hydrogen) atoms. The van der Waals surface area contributed by atoms with E-state index >= 15 is 0 Å². The Hall–Kier alpha value is -1.56. The second-order valence-corrected chi connectivity index (χ2v) is 7.15. The van der Waals surface area contributed by atoms with E-state index in [9.17, 15) is 4.79 Å². The van der Waals surface area contributed by atoms with Gasteiger partial charge in [-0.1, -0.05) is 40.1 Å². The van der Waals surface area contributed by atoms with E-state index in [1.807, 2.05) is 12.1 Å². The molecule has 2 saturated heterocycles. The summed E-state index contributed by atoms with van der Waals surface area (Å²) in [7, 11) is 0. The van der Waals surface area contributed by atoms with Gasteiger partial charge in [-0.05, 0) is 42.0 Å². The highest BCUT2D eigenvalue weighted by Crippen LogP contribution is 2.41. The van der Waals surface area contributed by atoms with Crippen LogP contribution in [0.4, 0.5) is 0 Å². The summed E-state index contributed by atoms with van der Waals surface area (Å²) in [5.41, 5.74) is 9.70. The maximum absolute atomic E-state index is 12.3. The first kappa shape index (κ1) is 16.3. The zero-order valence-electron chi connectivity index (χ0n) is 12.9. The van der Waals surface area contributed by atoms with Gasteiger partial charge in [0, 0.05) is 22.0 Å². The van der Waals surface area contributed by atoms with Gasteiger partial charge < -0.3 is 4.74 Å². The highest BCUT2D eigenvalue weighted by molar-refractivity contribution is 9.10. The van der Waals surface area contributed by atoms with Crippen molar-refractivity contribution in [2.45, 2.75) is 38.0 Å². The molecule has 0 N–H and O–H groups in total. The van der Waals surface area contributed by atoms with Crippen LogP contribution in [-0.2, 0) is 9.53 Å². The number of azide groups is 1. The lowest BCUT2D eigenvalue weighted by molar-refractivity contribution is -0.173. The Morgan fingerprint density at radius 3 is 2.83 bits per heavy atom. The topological polar surface area (TPSA) is 78.3 Å². The fraction of sp³-hybridized carbons (Fsp3) is 0.562. The number of benzene rings is 1. The van der Waals surface area contributed by atoms with Crippen molar-refractivity contribution < 1.29 is 9.53 Å². The van der Waals surface area contributed by atoms with Crippen LogP contribution in [0, 0.1) is 5.92 Å². The number of hydrogen-bond acceptors (Lipinski definition) is 4. The van der Waals surface area contributed by atoms with Gasteiger partial charge in [0.25, 0.3) is 0 Å². The van der Waals surface area contributed by atoms with Gasteiger partial charge in [-0.3, -0.25) is 9.69 Å². The fourth-order valence-corrected chi connectivity index (χ4v) is 3.94. The van der Waals surface area contributed by atoms with E-state index in [1.165, 1.54) is 5.56 Å². The number of halogens is 1. The standard InChI is InChI=1S/C16H19BrN4O2/c1-10-2-7-14-16(22)23-13(8-19-20-18)9-21(14)15(10)11-3-5-12(17)6-4-11/h3-6,10,13-15H,2,7-9H2,1H3/t10-,13-,14+,15-/m1/s1. The SMILES string of the molecule is C[C@@H]1CC[C@H]2C(=O)O[C@H](CN=[N+]=[N-])CN2[C@H]1c1ccc(Br)cc1. The van der Waals surface area contributed by atoms with Crippen LogP contribution in [0.3, 0.4) is 0 Å². The molecule has 2 heterocycles. The molecule has 0 unspecified atom stereocenters. The molecule has 0 aliphatic carbocycles. The summed E-state index contributed by atoms with van der Waals surface area (Å²) in [6, 6.07) is 8.27. The van der Waals surface area contributed by atoms with E-state index in [2.05, 4.69) is 49.9 Å². The first-order valence-electron chi connectivity index (χ1n) is 7.82. The minimum Gasteiger partial charge on any atom is -0.460 e. The number of fused-ring (bicyclic) bond motifs is 1. The third kappa shape index (κ3) is 3.37. The molecule has 6 nitrogen and oxygen atoms in total. The lowest BCUT2D eigenvalue weighted by Crippen LogP contribution is -2.57. The minimum atomic E-state index is -0.363. The molecule has 2 fully saturated rings. The van der Waals surface area contributed by atoms with Crippen molar-refractivity contribution in [2.24, 2.45) is 11.0 Å². The maximum Gasteiger partial charge on any atom is 0.323 e. The van der Waals surface area contributed by atoms with Gasteiger partial charge >= 0.3 is 5.97 Å². The quantitative estimate of drug-likeness (QED) is 0.347. The summed E-state index contributed by atoms with van der Waals surface area (Å²) < 4.78 is 6.49. The van der Waals surface area contributed by atoms with Crippen molar-refractivity contribution in [3.05, 3.63) is 44.7 Å². The number of carbonyl (C=O) groups excluding carboxylic acids is 1. The summed E-state index contributed by atoms with van der Waals surface area (Å²) in [6.45, 7) is 3.03. The Balaban J connectivity index is 1.88. The third-order valence-electron chi connectivity index (χ3n) is 4.72. The molecule has 7 heteroatoms. The van der Waals surface area contributed by atoms with E-state index in [0.29, 0.717) is 12.5 Å². The molecule has 0 bridgehead atoms. The molecule has 0 spiro atoms. The molecule has 0 amide bonds. The Bertz CT molecular complexity index is 629. The molecule has 2 aliphatic rings. The van der Waals surface area contributed by atoms with Crippen LogP contribution in [-0.4, -0.2) is 36.1 Å². The maximum atomic E-state index is 12.3. The molecule has 4 atom stereocenters. The largest absolute Gasteiger partial charge is 0.460 e. The van der Waals surface area contributed by atoms with E-state index in [0.717, 1.165) is 17.3 Å². The number of cyclic esters (lactones) is 1. The summed E-state index contributed by atoms with van der Waals surface area (Å²) in [5.74, 6) is 0.266. The number of esters is 1. The Morgan fingerprint density at radius 1 is 1.39 bits per heavy atom. The van der Waals surface area contributed by atoms with Crippen molar-refractivity contribution >= 4 is 21.9 Å². The van der Waals surface area contributed by atoms with E-state index < -0.39 is 0 Å². The molecule has 0 aromatic heterocycles. The van der Waals surface area contributed by atoms with Crippen molar-refractivity contribution in [2.75, 3.05) is 13.1 Å². The van der Waals surface area contributed by atoms with Gasteiger partial charge in [-0.25, -0.2) is 0 Å². The Labute approximate surface area is 143 Å². The van der Waals surface area contributed by atoms with Crippen molar-refractivity contribution in [3.63, 3.8) is 0 Å². The fourth-order valence-electron chi connectivity index (χ4n) is 3.68. The predicted molar refractivity (Wildman–Crippen MR) is 89.7 cm³/mol. The summed E-state index contributed by atoms with van der Waals surface area (Å²) in [4.78, 5) is 17.3. The molecular formula is C16H19BrN4O2. The average molecular weight is 379 g/mol. The van der Waals surface area contributed by atoms with Gasteiger partial charge in [0.2, 0.25) is 0 Å². The van der Waals surface area contributed by atoms with Crippen LogP contribution in [0.25, 0.3) is 10.4 Å². The van der Waals surface area contributed by atoms with Crippen LogP contribution >= 0.6 is 15.9 Å². The molecule has 1 aromatic rings. The number of rotatable bonds is 3. The zero-order chi connectivity index (χ0) is 16.4. The van der Waals surface area contributed by atoms with Crippen molar-refractivity contribution in [1.82, 2.24) is 4.90 Å². The molecule has 122 valence electrons. The van der Waals surface area contributed by atoms with E-state index in [4.69, 9.17) is 10.3 Å². The zero-order valence-corrected chi connectivity index (χ0v) is 14.5. The normalized spacial score (nSPS) is 31.0. The molecule has 3 rings (SSSR count). The summed E-state index contributed by atoms with van der Waals surface area (Å²) in [5, 5.41) is 3.57. The molecule has 0 saturated carbocycles. The predicted octanol–water partition coefficient (Wildman–Crippen LogP) is 3.83. The van der Waals surface area contributed by atoms with Gasteiger partial charge in [-0.15, -0.1) is 0 Å². The van der Waals surface area contributed by atoms with Crippen LogP contribution in [0.15, 0.2) is 33.9 Å². The van der Waals surface area contributed by atoms with Gasteiger partial charge in [0.1, 0.15) is 12.1 Å².